The summed E-state index contributed by atoms with van der Waals surface area (Å²) in [7, 11) is 1.63. The summed E-state index contributed by atoms with van der Waals surface area (Å²) in [6.45, 7) is 8.20. The number of hydrogen-bond donors (Lipinski definition) is 1. The van der Waals surface area contributed by atoms with Crippen LogP contribution in [0, 0.1) is 0 Å². The topological polar surface area (TPSA) is 58.6 Å². The van der Waals surface area contributed by atoms with E-state index in [-0.39, 0.29) is 17.4 Å². The maximum absolute atomic E-state index is 13.3. The number of hydrogen-bond acceptors (Lipinski definition) is 4. The van der Waals surface area contributed by atoms with Gasteiger partial charge in [-0.15, -0.1) is 0 Å². The van der Waals surface area contributed by atoms with E-state index in [0.29, 0.717) is 25.1 Å². The number of carbonyl (C=O) groups excluding carboxylic acids is 2. The minimum Gasteiger partial charge on any atom is -0.497 e. The van der Waals surface area contributed by atoms with Crippen LogP contribution in [0.25, 0.3) is 0 Å². The zero-order valence-corrected chi connectivity index (χ0v) is 20.7. The van der Waals surface area contributed by atoms with Crippen molar-refractivity contribution in [1.29, 1.82) is 0 Å². The normalized spacial score (nSPS) is 12.2. The van der Waals surface area contributed by atoms with Crippen LogP contribution >= 0.6 is 11.8 Å². The summed E-state index contributed by atoms with van der Waals surface area (Å²) in [5.74, 6) is 2.23. The molecule has 0 fully saturated rings. The molecule has 1 atom stereocenters. The fourth-order valence-corrected chi connectivity index (χ4v) is 4.26. The zero-order valence-electron chi connectivity index (χ0n) is 19.9. The third-order valence-corrected chi connectivity index (χ3v) is 6.00. The molecule has 2 amide bonds. The summed E-state index contributed by atoms with van der Waals surface area (Å²) in [6, 6.07) is 17.4. The molecule has 2 aromatic carbocycles. The monoisotopic (exact) mass is 456 g/mol. The third kappa shape index (κ3) is 8.58. The number of nitrogens with one attached hydrogen (secondary N) is 1. The van der Waals surface area contributed by atoms with Gasteiger partial charge in [-0.3, -0.25) is 9.59 Å². The summed E-state index contributed by atoms with van der Waals surface area (Å²) < 4.78 is 5.24. The van der Waals surface area contributed by atoms with Crippen LogP contribution in [0.3, 0.4) is 0 Å². The van der Waals surface area contributed by atoms with E-state index >= 15 is 0 Å². The number of benzene rings is 2. The molecule has 6 heteroatoms. The number of rotatable bonds is 11. The van der Waals surface area contributed by atoms with Crippen molar-refractivity contribution >= 4 is 23.6 Å². The van der Waals surface area contributed by atoms with Gasteiger partial charge in [0.1, 0.15) is 11.8 Å². The van der Waals surface area contributed by atoms with Gasteiger partial charge in [-0.2, -0.15) is 11.8 Å². The predicted molar refractivity (Wildman–Crippen MR) is 133 cm³/mol. The molecule has 0 radical (unpaired) electrons. The Morgan fingerprint density at radius 1 is 1.03 bits per heavy atom. The average Bonchev–Trinajstić information content (AvgIpc) is 2.76. The van der Waals surface area contributed by atoms with Gasteiger partial charge in [-0.05, 0) is 50.5 Å². The SMILES string of the molecule is CC[C@@H](C(=O)NC(C)(C)C)N(Cc1ccc(OC)cc1)C(=O)CCSCc1ccccc1. The first kappa shape index (κ1) is 25.8. The maximum atomic E-state index is 13.3. The Labute approximate surface area is 196 Å². The quantitative estimate of drug-likeness (QED) is 0.481. The first-order valence-corrected chi connectivity index (χ1v) is 12.2. The van der Waals surface area contributed by atoms with Gasteiger partial charge in [0.05, 0.1) is 7.11 Å². The van der Waals surface area contributed by atoms with E-state index in [1.807, 2.05) is 70.2 Å². The number of ether oxygens (including phenoxy) is 1. The van der Waals surface area contributed by atoms with Gasteiger partial charge in [-0.25, -0.2) is 0 Å². The fraction of sp³-hybridized carbons (Fsp3) is 0.462. The minimum absolute atomic E-state index is 0.00251. The molecule has 5 nitrogen and oxygen atoms in total. The molecule has 1 N–H and O–H groups in total. The fourth-order valence-electron chi connectivity index (χ4n) is 3.37. The zero-order chi connectivity index (χ0) is 23.6. The summed E-state index contributed by atoms with van der Waals surface area (Å²) in [5.41, 5.74) is 1.86. The number of thioether (sulfide) groups is 1. The van der Waals surface area contributed by atoms with E-state index in [4.69, 9.17) is 4.74 Å². The summed E-state index contributed by atoms with van der Waals surface area (Å²) in [4.78, 5) is 28.0. The highest BCUT2D eigenvalue weighted by Gasteiger charge is 2.30. The molecule has 0 aliphatic carbocycles. The van der Waals surface area contributed by atoms with Crippen molar-refractivity contribution in [1.82, 2.24) is 10.2 Å². The van der Waals surface area contributed by atoms with Crippen LogP contribution < -0.4 is 10.1 Å². The Morgan fingerprint density at radius 2 is 1.69 bits per heavy atom. The van der Waals surface area contributed by atoms with Crippen molar-refractivity contribution < 1.29 is 14.3 Å². The van der Waals surface area contributed by atoms with E-state index < -0.39 is 6.04 Å². The molecule has 2 aromatic rings. The van der Waals surface area contributed by atoms with Crippen molar-refractivity contribution in [3.63, 3.8) is 0 Å². The Balaban J connectivity index is 2.09. The van der Waals surface area contributed by atoms with E-state index in [1.165, 1.54) is 5.56 Å². The smallest absolute Gasteiger partial charge is 0.243 e. The predicted octanol–water partition coefficient (Wildman–Crippen LogP) is 5.04. The van der Waals surface area contributed by atoms with Crippen LogP contribution in [0.5, 0.6) is 5.75 Å². The lowest BCUT2D eigenvalue weighted by Crippen LogP contribution is -2.53. The number of methoxy groups -OCH3 is 1. The molecule has 0 heterocycles. The lowest BCUT2D eigenvalue weighted by Gasteiger charge is -2.33. The molecule has 0 aliphatic heterocycles. The Hall–Kier alpha value is -2.47. The average molecular weight is 457 g/mol. The first-order chi connectivity index (χ1) is 15.2. The van der Waals surface area contributed by atoms with Crippen LogP contribution in [-0.2, 0) is 21.9 Å². The molecule has 0 spiro atoms. The second kappa shape index (κ2) is 12.5. The second-order valence-corrected chi connectivity index (χ2v) is 9.93. The lowest BCUT2D eigenvalue weighted by atomic mass is 10.1. The van der Waals surface area contributed by atoms with Gasteiger partial charge in [0.25, 0.3) is 0 Å². The molecule has 0 bridgehead atoms. The van der Waals surface area contributed by atoms with Crippen LogP contribution in [0.1, 0.15) is 51.7 Å². The van der Waals surface area contributed by atoms with Crippen molar-refractivity contribution in [3.8, 4) is 5.75 Å². The Morgan fingerprint density at radius 3 is 2.25 bits per heavy atom. The van der Waals surface area contributed by atoms with Crippen molar-refractivity contribution in [2.75, 3.05) is 12.9 Å². The van der Waals surface area contributed by atoms with Crippen LogP contribution in [-0.4, -0.2) is 41.2 Å². The largest absolute Gasteiger partial charge is 0.497 e. The highest BCUT2D eigenvalue weighted by atomic mass is 32.2. The summed E-state index contributed by atoms with van der Waals surface area (Å²) in [5, 5.41) is 3.04. The molecular formula is C26H36N2O3S. The van der Waals surface area contributed by atoms with Gasteiger partial charge < -0.3 is 15.0 Å². The molecule has 0 saturated heterocycles. The lowest BCUT2D eigenvalue weighted by molar-refractivity contribution is -0.141. The van der Waals surface area contributed by atoms with Gasteiger partial charge >= 0.3 is 0 Å². The van der Waals surface area contributed by atoms with E-state index in [9.17, 15) is 9.59 Å². The molecule has 174 valence electrons. The van der Waals surface area contributed by atoms with Crippen molar-refractivity contribution in [3.05, 3.63) is 65.7 Å². The molecule has 0 aliphatic rings. The molecular weight excluding hydrogens is 420 g/mol. The van der Waals surface area contributed by atoms with Gasteiger partial charge in [0.15, 0.2) is 0 Å². The molecule has 2 rings (SSSR count). The molecule has 0 aromatic heterocycles. The van der Waals surface area contributed by atoms with E-state index in [2.05, 4.69) is 17.4 Å². The second-order valence-electron chi connectivity index (χ2n) is 8.82. The minimum atomic E-state index is -0.511. The molecule has 32 heavy (non-hydrogen) atoms. The number of nitrogens with zero attached hydrogens (tertiary/aromatic N) is 1. The van der Waals surface area contributed by atoms with Gasteiger partial charge in [0.2, 0.25) is 11.8 Å². The van der Waals surface area contributed by atoms with Crippen LogP contribution in [0.4, 0.5) is 0 Å². The molecule has 0 unspecified atom stereocenters. The third-order valence-electron chi connectivity index (χ3n) is 4.97. The van der Waals surface area contributed by atoms with Crippen molar-refractivity contribution in [2.24, 2.45) is 0 Å². The standard InChI is InChI=1S/C26H36N2O3S/c1-6-23(25(30)27-26(2,3)4)28(18-20-12-14-22(31-5)15-13-20)24(29)16-17-32-19-21-10-8-7-9-11-21/h7-15,23H,6,16-19H2,1-5H3,(H,27,30)/t23-/m0/s1. The number of carbonyl (C=O) groups is 2. The number of amides is 2. The summed E-state index contributed by atoms with van der Waals surface area (Å²) in [6.07, 6.45) is 0.952. The Bertz CT molecular complexity index is 848. The van der Waals surface area contributed by atoms with Crippen molar-refractivity contribution in [2.45, 2.75) is 64.4 Å². The summed E-state index contributed by atoms with van der Waals surface area (Å²) >= 11 is 1.74. The first-order valence-electron chi connectivity index (χ1n) is 11.1. The van der Waals surface area contributed by atoms with Gasteiger partial charge in [0, 0.05) is 30.0 Å². The Kier molecular flexibility index (Phi) is 10.1. The highest BCUT2D eigenvalue weighted by molar-refractivity contribution is 7.98. The van der Waals surface area contributed by atoms with Crippen LogP contribution in [0.2, 0.25) is 0 Å². The van der Waals surface area contributed by atoms with E-state index in [1.54, 1.807) is 23.8 Å². The maximum Gasteiger partial charge on any atom is 0.243 e. The van der Waals surface area contributed by atoms with E-state index in [0.717, 1.165) is 17.1 Å². The van der Waals surface area contributed by atoms with Crippen LogP contribution in [0.15, 0.2) is 54.6 Å². The highest BCUT2D eigenvalue weighted by Crippen LogP contribution is 2.19. The van der Waals surface area contributed by atoms with Gasteiger partial charge in [-0.1, -0.05) is 49.4 Å². The molecule has 0 saturated carbocycles.